The maximum Gasteiger partial charge on any atom is 0.352 e. The van der Waals surface area contributed by atoms with Gasteiger partial charge in [0, 0.05) is 11.9 Å². The van der Waals surface area contributed by atoms with Gasteiger partial charge in [0.1, 0.15) is 24.2 Å². The van der Waals surface area contributed by atoms with Gasteiger partial charge in [0.25, 0.3) is 11.8 Å². The van der Waals surface area contributed by atoms with E-state index in [2.05, 4.69) is 20.3 Å². The molecule has 3 rings (SSSR count). The molecular weight excluding hydrogens is 370 g/mol. The van der Waals surface area contributed by atoms with Crippen LogP contribution in [0.25, 0.3) is 0 Å². The molecule has 0 aromatic carbocycles. The monoisotopic (exact) mass is 383 g/mol. The largest absolute Gasteiger partial charge is 0.477 e. The van der Waals surface area contributed by atoms with Crippen LogP contribution in [0.15, 0.2) is 23.1 Å². The first-order chi connectivity index (χ1) is 11.9. The minimum atomic E-state index is -1.18. The fourth-order valence-electron chi connectivity index (χ4n) is 2.43. The number of fused-ring (bicyclic) bond motifs is 1. The molecule has 12 heteroatoms. The van der Waals surface area contributed by atoms with E-state index in [0.29, 0.717) is 10.6 Å². The average Bonchev–Trinajstić information content (AvgIpc) is 3.02. The number of nitrogens with two attached hydrogens (primary N) is 1. The molecule has 25 heavy (non-hydrogen) atoms. The number of aliphatic carboxylic acids is 1. The molecule has 1 aromatic heterocycles. The number of thiazole rings is 1. The van der Waals surface area contributed by atoms with Gasteiger partial charge in [-0.2, -0.15) is 0 Å². The van der Waals surface area contributed by atoms with Crippen LogP contribution in [-0.4, -0.2) is 62.8 Å². The van der Waals surface area contributed by atoms with Crippen molar-refractivity contribution in [2.45, 2.75) is 11.4 Å². The molecule has 1 aromatic rings. The lowest BCUT2D eigenvalue weighted by atomic mass is 10.0. The van der Waals surface area contributed by atoms with E-state index in [1.165, 1.54) is 36.0 Å². The first-order valence-electron chi connectivity index (χ1n) is 6.96. The lowest BCUT2D eigenvalue weighted by molar-refractivity contribution is -0.150. The number of amides is 2. The van der Waals surface area contributed by atoms with E-state index in [9.17, 15) is 14.4 Å². The van der Waals surface area contributed by atoms with Gasteiger partial charge in [0.05, 0.1) is 4.88 Å². The third-order valence-corrected chi connectivity index (χ3v) is 5.52. The summed E-state index contributed by atoms with van der Waals surface area (Å²) in [6, 6.07) is -0.840. The van der Waals surface area contributed by atoms with E-state index in [1.807, 2.05) is 0 Å². The highest BCUT2D eigenvalue weighted by Crippen LogP contribution is 2.37. The Kier molecular flexibility index (Phi) is 4.63. The molecular formula is C13H13N5O5S2. The number of hydrogen-bond acceptors (Lipinski definition) is 9. The lowest BCUT2D eigenvalue weighted by Crippen LogP contribution is -2.70. The van der Waals surface area contributed by atoms with Gasteiger partial charge in [-0.25, -0.2) is 9.78 Å². The van der Waals surface area contributed by atoms with Gasteiger partial charge < -0.3 is 21.0 Å². The third kappa shape index (κ3) is 3.05. The number of rotatable bonds is 5. The summed E-state index contributed by atoms with van der Waals surface area (Å²) < 4.78 is 0. The molecule has 0 spiro atoms. The summed E-state index contributed by atoms with van der Waals surface area (Å²) in [5, 5.41) is 15.2. The molecule has 0 aliphatic carbocycles. The van der Waals surface area contributed by atoms with Crippen molar-refractivity contribution in [3.8, 4) is 0 Å². The minimum absolute atomic E-state index is 0.0576. The summed E-state index contributed by atoms with van der Waals surface area (Å²) >= 11 is 2.42. The van der Waals surface area contributed by atoms with E-state index in [4.69, 9.17) is 10.8 Å². The van der Waals surface area contributed by atoms with Crippen LogP contribution in [0.5, 0.6) is 0 Å². The molecule has 132 valence electrons. The number of nitrogens with one attached hydrogen (secondary N) is 1. The predicted octanol–water partition coefficient (Wildman–Crippen LogP) is -0.556. The van der Waals surface area contributed by atoms with Gasteiger partial charge in [-0.1, -0.05) is 16.5 Å². The molecule has 2 amide bonds. The Labute approximate surface area is 149 Å². The fraction of sp³-hybridized carbons (Fsp3) is 0.308. The van der Waals surface area contributed by atoms with E-state index >= 15 is 0 Å². The molecule has 0 bridgehead atoms. The Bertz CT molecular complexity index is 804. The standard InChI is InChI=1S/C13H13N5O5S2/c1-23-17-7(6-4-15-13(14)25-6)9(19)16-8-10(20)18-5(12(21)22)2-3-24-11(8)18/h2,4,8,11H,3H2,1H3,(H2,14,15)(H,16,19)(H,21,22)/b17-7-/t8-,11+/m0/s1. The van der Waals surface area contributed by atoms with Crippen LogP contribution in [0.3, 0.4) is 0 Å². The summed E-state index contributed by atoms with van der Waals surface area (Å²) in [5.74, 6) is -1.85. The molecule has 0 saturated carbocycles. The lowest BCUT2D eigenvalue weighted by Gasteiger charge is -2.48. The average molecular weight is 383 g/mol. The van der Waals surface area contributed by atoms with Crippen molar-refractivity contribution in [3.05, 3.63) is 22.8 Å². The molecule has 3 heterocycles. The van der Waals surface area contributed by atoms with Crippen LogP contribution in [0, 0.1) is 0 Å². The van der Waals surface area contributed by atoms with E-state index in [0.717, 1.165) is 11.3 Å². The fourth-order valence-corrected chi connectivity index (χ4v) is 4.29. The summed E-state index contributed by atoms with van der Waals surface area (Å²) in [6.45, 7) is 0. The second kappa shape index (κ2) is 6.72. The number of hydrogen-bond donors (Lipinski definition) is 3. The minimum Gasteiger partial charge on any atom is -0.477 e. The zero-order valence-corrected chi connectivity index (χ0v) is 14.5. The highest BCUT2D eigenvalue weighted by Gasteiger charge is 2.53. The Hall–Kier alpha value is -2.60. The van der Waals surface area contributed by atoms with Crippen molar-refractivity contribution in [2.24, 2.45) is 5.16 Å². The number of thioether (sulfide) groups is 1. The zero-order chi connectivity index (χ0) is 18.1. The summed E-state index contributed by atoms with van der Waals surface area (Å²) in [6.07, 6.45) is 2.85. The first kappa shape index (κ1) is 17.2. The molecule has 0 unspecified atom stereocenters. The van der Waals surface area contributed by atoms with Gasteiger partial charge in [-0.3, -0.25) is 14.5 Å². The highest BCUT2D eigenvalue weighted by atomic mass is 32.2. The molecule has 2 aliphatic rings. The number of oxime groups is 1. The van der Waals surface area contributed by atoms with Crippen molar-refractivity contribution >= 4 is 51.7 Å². The van der Waals surface area contributed by atoms with Crippen LogP contribution in [0.1, 0.15) is 4.88 Å². The maximum atomic E-state index is 12.5. The van der Waals surface area contributed by atoms with Gasteiger partial charge in [-0.05, 0) is 6.08 Å². The molecule has 2 atom stereocenters. The van der Waals surface area contributed by atoms with E-state index < -0.39 is 29.2 Å². The van der Waals surface area contributed by atoms with Gasteiger partial charge in [0.2, 0.25) is 0 Å². The Morgan fingerprint density at radius 1 is 1.56 bits per heavy atom. The Morgan fingerprint density at radius 2 is 2.32 bits per heavy atom. The van der Waals surface area contributed by atoms with Crippen molar-refractivity contribution in [1.29, 1.82) is 0 Å². The second-order valence-corrected chi connectivity index (χ2v) is 7.17. The first-order valence-corrected chi connectivity index (χ1v) is 8.82. The topological polar surface area (TPSA) is 147 Å². The van der Waals surface area contributed by atoms with Crippen molar-refractivity contribution in [1.82, 2.24) is 15.2 Å². The summed E-state index contributed by atoms with van der Waals surface area (Å²) in [4.78, 5) is 46.0. The van der Waals surface area contributed by atoms with Crippen molar-refractivity contribution < 1.29 is 24.3 Å². The number of nitrogen functional groups attached to an aromatic ring is 1. The third-order valence-electron chi connectivity index (χ3n) is 3.51. The number of anilines is 1. The number of β-lactam (4-membered cyclic amide) rings is 1. The van der Waals surface area contributed by atoms with Crippen LogP contribution in [-0.2, 0) is 19.2 Å². The van der Waals surface area contributed by atoms with Crippen molar-refractivity contribution in [3.63, 3.8) is 0 Å². The zero-order valence-electron chi connectivity index (χ0n) is 12.8. The number of carboxylic acid groups (broad SMARTS) is 1. The van der Waals surface area contributed by atoms with Gasteiger partial charge in [0.15, 0.2) is 10.8 Å². The predicted molar refractivity (Wildman–Crippen MR) is 90.8 cm³/mol. The van der Waals surface area contributed by atoms with Crippen LogP contribution < -0.4 is 11.1 Å². The Morgan fingerprint density at radius 3 is 2.92 bits per heavy atom. The van der Waals surface area contributed by atoms with Gasteiger partial charge >= 0.3 is 5.97 Å². The highest BCUT2D eigenvalue weighted by molar-refractivity contribution is 8.00. The van der Waals surface area contributed by atoms with Gasteiger partial charge in [-0.15, -0.1) is 11.8 Å². The van der Waals surface area contributed by atoms with E-state index in [-0.39, 0.29) is 16.5 Å². The maximum absolute atomic E-state index is 12.5. The molecule has 10 nitrogen and oxygen atoms in total. The van der Waals surface area contributed by atoms with Crippen LogP contribution in [0.2, 0.25) is 0 Å². The molecule has 1 fully saturated rings. The van der Waals surface area contributed by atoms with Crippen LogP contribution in [0.4, 0.5) is 5.13 Å². The van der Waals surface area contributed by atoms with E-state index in [1.54, 1.807) is 0 Å². The summed E-state index contributed by atoms with van der Waals surface area (Å²) in [5.41, 5.74) is 5.43. The quantitative estimate of drug-likeness (QED) is 0.348. The molecule has 1 saturated heterocycles. The normalized spacial score (nSPS) is 22.6. The smallest absolute Gasteiger partial charge is 0.352 e. The molecule has 2 aliphatic heterocycles. The number of carbonyl (C=O) groups is 3. The number of nitrogens with zero attached hydrogens (tertiary/aromatic N) is 3. The molecule has 0 radical (unpaired) electrons. The number of carbonyl (C=O) groups excluding carboxylic acids is 2. The second-order valence-electron chi connectivity index (χ2n) is 4.96. The number of carboxylic acids is 1. The SMILES string of the molecule is CO/N=C(\C(=O)N[C@H]1C(=O)N2C(C(=O)O)=CCS[C@H]12)c1cnc(N)s1. The van der Waals surface area contributed by atoms with Crippen molar-refractivity contribution in [2.75, 3.05) is 18.6 Å². The number of aromatic nitrogens is 1. The van der Waals surface area contributed by atoms with Crippen LogP contribution >= 0.6 is 23.1 Å². The summed E-state index contributed by atoms with van der Waals surface area (Å²) in [7, 11) is 1.29. The molecule has 4 N–H and O–H groups in total. The Balaban J connectivity index is 1.75.